The predicted molar refractivity (Wildman–Crippen MR) is 206 cm³/mol. The number of nitrogens with zero attached hydrogens (tertiary/aromatic N) is 4. The number of halogens is 2. The van der Waals surface area contributed by atoms with Crippen molar-refractivity contribution >= 4 is 52.4 Å². The number of carbonyl (C=O) groups is 7. The fraction of sp³-hybridized carbons (Fsp3) is 0.512. The molecule has 0 aliphatic carbocycles. The summed E-state index contributed by atoms with van der Waals surface area (Å²) >= 11 is 0. The number of hydrogen-bond donors (Lipinski definition) is 4. The molecule has 314 valence electrons. The molecule has 18 heteroatoms. The molecule has 0 bridgehead atoms. The van der Waals surface area contributed by atoms with Gasteiger partial charge in [-0.1, -0.05) is 13.0 Å². The summed E-state index contributed by atoms with van der Waals surface area (Å²) in [5, 5.41) is 8.01. The molecule has 4 aliphatic heterocycles. The summed E-state index contributed by atoms with van der Waals surface area (Å²) in [6.45, 7) is 3.30. The van der Waals surface area contributed by atoms with Gasteiger partial charge in [-0.3, -0.25) is 28.8 Å². The minimum absolute atomic E-state index is 0.0391. The minimum Gasteiger partial charge on any atom is -0.461 e. The number of amides is 6. The number of aromatic nitrogens is 2. The van der Waals surface area contributed by atoms with Crippen LogP contribution in [0.1, 0.15) is 63.5 Å². The van der Waals surface area contributed by atoms with Gasteiger partial charge in [0, 0.05) is 32.1 Å². The Morgan fingerprint density at radius 2 is 1.59 bits per heavy atom. The third kappa shape index (κ3) is 9.20. The molecule has 0 radical (unpaired) electrons. The van der Waals surface area contributed by atoms with E-state index in [1.54, 1.807) is 18.2 Å². The lowest BCUT2D eigenvalue weighted by Crippen LogP contribution is -2.62. The number of imidazole rings is 1. The average molecular weight is 819 g/mol. The zero-order chi connectivity index (χ0) is 42.0. The lowest BCUT2D eigenvalue weighted by Gasteiger charge is -2.39. The normalized spacial score (nSPS) is 26.2. The van der Waals surface area contributed by atoms with Crippen molar-refractivity contribution in [3.05, 3.63) is 65.5 Å². The van der Waals surface area contributed by atoms with E-state index in [1.807, 2.05) is 6.92 Å². The largest absolute Gasteiger partial charge is 0.461 e. The molecule has 0 saturated carbocycles. The highest BCUT2D eigenvalue weighted by molar-refractivity contribution is 5.98. The Morgan fingerprint density at radius 1 is 0.864 bits per heavy atom. The molecule has 0 unspecified atom stereocenters. The van der Waals surface area contributed by atoms with E-state index in [4.69, 9.17) is 4.74 Å². The van der Waals surface area contributed by atoms with Gasteiger partial charge in [0.15, 0.2) is 0 Å². The third-order valence-electron chi connectivity index (χ3n) is 11.6. The van der Waals surface area contributed by atoms with Gasteiger partial charge in [0.05, 0.1) is 23.8 Å². The highest BCUT2D eigenvalue weighted by Gasteiger charge is 2.46. The monoisotopic (exact) mass is 818 g/mol. The number of fused-ring (bicyclic) bond motifs is 4. The molecule has 5 heterocycles. The molecule has 4 saturated heterocycles. The van der Waals surface area contributed by atoms with Gasteiger partial charge in [-0.15, -0.1) is 0 Å². The molecule has 59 heavy (non-hydrogen) atoms. The predicted octanol–water partition coefficient (Wildman–Crippen LogP) is 1.27. The van der Waals surface area contributed by atoms with Gasteiger partial charge in [-0.25, -0.2) is 18.6 Å². The van der Waals surface area contributed by atoms with Crippen LogP contribution in [0.5, 0.6) is 0 Å². The van der Waals surface area contributed by atoms with Crippen molar-refractivity contribution in [1.82, 2.24) is 40.6 Å². The van der Waals surface area contributed by atoms with E-state index in [9.17, 15) is 42.3 Å². The van der Waals surface area contributed by atoms with Crippen LogP contribution in [0.25, 0.3) is 11.0 Å². The Balaban J connectivity index is 1.18. The Kier molecular flexibility index (Phi) is 12.2. The maximum absolute atomic E-state index is 14.5. The fourth-order valence-corrected chi connectivity index (χ4v) is 8.69. The first-order chi connectivity index (χ1) is 28.2. The van der Waals surface area contributed by atoms with Gasteiger partial charge in [-0.05, 0) is 86.8 Å². The highest BCUT2D eigenvalue weighted by Crippen LogP contribution is 2.28. The molecule has 6 amide bonds. The number of esters is 1. The molecule has 4 aliphatic rings. The van der Waals surface area contributed by atoms with Crippen LogP contribution in [0.4, 0.5) is 8.78 Å². The lowest BCUT2D eigenvalue weighted by atomic mass is 9.99. The summed E-state index contributed by atoms with van der Waals surface area (Å²) in [6, 6.07) is 0.841. The fourth-order valence-electron chi connectivity index (χ4n) is 8.69. The van der Waals surface area contributed by atoms with Crippen molar-refractivity contribution in [1.29, 1.82) is 0 Å². The average Bonchev–Trinajstić information content (AvgIpc) is 3.97. The number of aromatic amines is 1. The number of carbonyl (C=O) groups excluding carboxylic acids is 7. The maximum Gasteiger partial charge on any atom is 0.328 e. The second-order valence-corrected chi connectivity index (χ2v) is 16.0. The third-order valence-corrected chi connectivity index (χ3v) is 11.6. The summed E-state index contributed by atoms with van der Waals surface area (Å²) in [5.41, 5.74) is 1.98. The molecule has 3 aromatic rings. The van der Waals surface area contributed by atoms with Crippen molar-refractivity contribution < 1.29 is 47.1 Å². The van der Waals surface area contributed by atoms with Crippen LogP contribution >= 0.6 is 0 Å². The molecule has 7 rings (SSSR count). The van der Waals surface area contributed by atoms with Gasteiger partial charge in [0.25, 0.3) is 0 Å². The van der Waals surface area contributed by atoms with Crippen LogP contribution in [0.15, 0.2) is 42.7 Å². The first-order valence-corrected chi connectivity index (χ1v) is 20.1. The number of ether oxygens (including phenoxy) is 1. The SMILES string of the molecule is C[C@@H]1C[C@H]2C(=O)OC[C@H](NC(=O)[C@H](Cc3cc(F)cc(F)c3)NC(=O)Cc3ccc4nc[nH]c4c3)C(=O)N3CCC[C@H]3C(=O)N3CCCC[C@H]3C(=O)N[C@@H](C)C(=O)N2C1. The molecular formula is C41H48F2N8O8. The van der Waals surface area contributed by atoms with E-state index < -0.39 is 95.9 Å². The Labute approximate surface area is 338 Å². The number of nitrogens with one attached hydrogen (secondary N) is 4. The van der Waals surface area contributed by atoms with Crippen molar-refractivity contribution in [2.24, 2.45) is 5.92 Å². The van der Waals surface area contributed by atoms with Gasteiger partial charge in [0.2, 0.25) is 35.4 Å². The molecule has 4 fully saturated rings. The zero-order valence-electron chi connectivity index (χ0n) is 32.9. The number of rotatable bonds is 7. The van der Waals surface area contributed by atoms with Crippen molar-refractivity contribution in [3.8, 4) is 0 Å². The van der Waals surface area contributed by atoms with Crippen molar-refractivity contribution in [2.45, 2.75) is 101 Å². The van der Waals surface area contributed by atoms with E-state index in [2.05, 4.69) is 25.9 Å². The second-order valence-electron chi connectivity index (χ2n) is 16.0. The van der Waals surface area contributed by atoms with E-state index >= 15 is 0 Å². The number of cyclic esters (lactones) is 1. The van der Waals surface area contributed by atoms with Crippen molar-refractivity contribution in [2.75, 3.05) is 26.2 Å². The Bertz CT molecular complexity index is 2130. The summed E-state index contributed by atoms with van der Waals surface area (Å²) in [4.78, 5) is 109. The standard InChI is InChI=1S/C41H48F2N8O8/c1-22-12-34-41(58)59-20-31(39(56)50-11-5-7-33(50)40(57)49-10-4-3-6-32(49)37(54)46-23(2)38(55)51(34)19-22)48-36(53)30(16-25-13-26(42)18-27(43)14-25)47-35(52)17-24-8-9-28-29(15-24)45-21-44-28/h8-9,13-15,18,21-23,30-34H,3-7,10-12,16-17,19-20H2,1-2H3,(H,44,45)(H,46,54)(H,47,52)(H,48,53)/t22-,23+,30+,31+,32+,33+,34+/m1/s1. The molecule has 1 aromatic heterocycles. The maximum atomic E-state index is 14.5. The smallest absolute Gasteiger partial charge is 0.328 e. The first kappa shape index (κ1) is 41.2. The van der Waals surface area contributed by atoms with Gasteiger partial charge < -0.3 is 40.4 Å². The second kappa shape index (κ2) is 17.5. The van der Waals surface area contributed by atoms with E-state index in [-0.39, 0.29) is 56.8 Å². The number of piperidine rings is 1. The van der Waals surface area contributed by atoms with Crippen LogP contribution in [-0.4, -0.2) is 129 Å². The Morgan fingerprint density at radius 3 is 2.37 bits per heavy atom. The van der Waals surface area contributed by atoms with Crippen LogP contribution in [0.2, 0.25) is 0 Å². The van der Waals surface area contributed by atoms with Gasteiger partial charge in [0.1, 0.15) is 54.5 Å². The van der Waals surface area contributed by atoms with Crippen LogP contribution in [0, 0.1) is 17.6 Å². The van der Waals surface area contributed by atoms with E-state index in [0.717, 1.165) is 12.1 Å². The summed E-state index contributed by atoms with van der Waals surface area (Å²) < 4.78 is 34.4. The first-order valence-electron chi connectivity index (χ1n) is 20.1. The van der Waals surface area contributed by atoms with Gasteiger partial charge in [-0.2, -0.15) is 0 Å². The minimum atomic E-state index is -1.58. The van der Waals surface area contributed by atoms with Gasteiger partial charge >= 0.3 is 5.97 Å². The molecule has 2 aromatic carbocycles. The van der Waals surface area contributed by atoms with E-state index in [1.165, 1.54) is 28.0 Å². The molecule has 0 spiro atoms. The number of benzene rings is 2. The molecule has 4 N–H and O–H groups in total. The van der Waals surface area contributed by atoms with E-state index in [0.29, 0.717) is 48.3 Å². The highest BCUT2D eigenvalue weighted by atomic mass is 19.1. The summed E-state index contributed by atoms with van der Waals surface area (Å²) in [6.07, 6.45) is 3.55. The Hall–Kier alpha value is -5.94. The van der Waals surface area contributed by atoms with Crippen LogP contribution in [0.3, 0.4) is 0 Å². The summed E-state index contributed by atoms with van der Waals surface area (Å²) in [7, 11) is 0. The number of H-pyrrole nitrogens is 1. The quantitative estimate of drug-likeness (QED) is 0.253. The van der Waals surface area contributed by atoms with Crippen molar-refractivity contribution in [3.63, 3.8) is 0 Å². The van der Waals surface area contributed by atoms with Crippen LogP contribution < -0.4 is 16.0 Å². The zero-order valence-corrected chi connectivity index (χ0v) is 32.9. The molecular weight excluding hydrogens is 770 g/mol. The van der Waals surface area contributed by atoms with Crippen LogP contribution in [-0.2, 0) is 51.1 Å². The lowest BCUT2D eigenvalue weighted by molar-refractivity contribution is -0.158. The molecule has 7 atom stereocenters. The molecule has 16 nitrogen and oxygen atoms in total. The summed E-state index contributed by atoms with van der Waals surface area (Å²) in [5.74, 6) is -6.50. The number of hydrogen-bond acceptors (Lipinski definition) is 9. The topological polar surface area (TPSA) is 203 Å².